The minimum absolute atomic E-state index is 0.439. The second-order valence-electron chi connectivity index (χ2n) is 3.10. The number of anilines is 1. The molecule has 0 saturated heterocycles. The van der Waals surface area contributed by atoms with Gasteiger partial charge in [-0.15, -0.1) is 0 Å². The van der Waals surface area contributed by atoms with Gasteiger partial charge in [0.25, 0.3) is 0 Å². The molecule has 0 amide bonds. The van der Waals surface area contributed by atoms with Gasteiger partial charge in [-0.1, -0.05) is 0 Å². The average Bonchev–Trinajstić information content (AvgIpc) is 2.48. The summed E-state index contributed by atoms with van der Waals surface area (Å²) in [7, 11) is 0. The Bertz CT molecular complexity index is 443. The molecule has 2 N–H and O–H groups in total. The average molecular weight is 189 g/mol. The Hall–Kier alpha value is -1.84. The summed E-state index contributed by atoms with van der Waals surface area (Å²) in [5, 5.41) is 0. The van der Waals surface area contributed by atoms with Gasteiger partial charge in [-0.3, -0.25) is 0 Å². The Morgan fingerprint density at radius 3 is 2.71 bits per heavy atom. The van der Waals surface area contributed by atoms with Crippen molar-refractivity contribution >= 4 is 5.82 Å². The summed E-state index contributed by atoms with van der Waals surface area (Å²) in [6.45, 7) is 3.77. The highest BCUT2D eigenvalue weighted by molar-refractivity contribution is 5.66. The summed E-state index contributed by atoms with van der Waals surface area (Å²) in [6, 6.07) is 3.65. The predicted molar refractivity (Wildman–Crippen MR) is 53.6 cm³/mol. The number of hydrogen-bond acceptors (Lipinski definition) is 4. The van der Waals surface area contributed by atoms with E-state index in [0.29, 0.717) is 11.7 Å². The van der Waals surface area contributed by atoms with Crippen LogP contribution in [0.1, 0.15) is 11.5 Å². The zero-order chi connectivity index (χ0) is 10.1. The molecule has 0 aliphatic heterocycles. The lowest BCUT2D eigenvalue weighted by molar-refractivity contribution is 0.541. The lowest BCUT2D eigenvalue weighted by Crippen LogP contribution is -1.92. The van der Waals surface area contributed by atoms with Crippen molar-refractivity contribution < 1.29 is 4.42 Å². The van der Waals surface area contributed by atoms with Crippen LogP contribution in [0, 0.1) is 13.8 Å². The first-order valence-electron chi connectivity index (χ1n) is 4.33. The number of aryl methyl sites for hydroxylation is 2. The predicted octanol–water partition coefficient (Wildman–Crippen LogP) is 1.94. The molecule has 0 saturated carbocycles. The minimum Gasteiger partial charge on any atom is -0.441 e. The van der Waals surface area contributed by atoms with Crippen molar-refractivity contribution in [3.05, 3.63) is 29.8 Å². The van der Waals surface area contributed by atoms with Gasteiger partial charge in [0.05, 0.1) is 11.3 Å². The zero-order valence-corrected chi connectivity index (χ0v) is 8.11. The van der Waals surface area contributed by atoms with E-state index in [1.807, 2.05) is 19.9 Å². The quantitative estimate of drug-likeness (QED) is 0.744. The molecule has 14 heavy (non-hydrogen) atoms. The van der Waals surface area contributed by atoms with E-state index in [2.05, 4.69) is 9.97 Å². The van der Waals surface area contributed by atoms with Crippen LogP contribution in [0.25, 0.3) is 11.5 Å². The molecular formula is C10H11N3O. The third-order valence-corrected chi connectivity index (χ3v) is 2.10. The van der Waals surface area contributed by atoms with Gasteiger partial charge in [0.2, 0.25) is 5.89 Å². The summed E-state index contributed by atoms with van der Waals surface area (Å²) in [5.74, 6) is 1.78. The second-order valence-corrected chi connectivity index (χ2v) is 3.10. The van der Waals surface area contributed by atoms with Gasteiger partial charge in [0.15, 0.2) is 0 Å². The molecule has 0 unspecified atom stereocenters. The summed E-state index contributed by atoms with van der Waals surface area (Å²) in [4.78, 5) is 8.23. The minimum atomic E-state index is 0.439. The fourth-order valence-electron chi connectivity index (χ4n) is 1.19. The van der Waals surface area contributed by atoms with Crippen LogP contribution in [0.5, 0.6) is 0 Å². The molecule has 2 heterocycles. The molecular weight excluding hydrogens is 178 g/mol. The van der Waals surface area contributed by atoms with Crippen molar-refractivity contribution in [1.29, 1.82) is 0 Å². The molecule has 0 fully saturated rings. The molecule has 2 rings (SSSR count). The summed E-state index contributed by atoms with van der Waals surface area (Å²) < 4.78 is 5.45. The standard InChI is InChI=1S/C10H11N3O/c1-6-7(2)14-10(13-6)8-4-3-5-12-9(8)11/h3-5H,1-2H3,(H2,11,12). The fourth-order valence-corrected chi connectivity index (χ4v) is 1.19. The van der Waals surface area contributed by atoms with Gasteiger partial charge in [-0.05, 0) is 26.0 Å². The number of hydrogen-bond donors (Lipinski definition) is 1. The molecule has 4 nitrogen and oxygen atoms in total. The van der Waals surface area contributed by atoms with Crippen LogP contribution < -0.4 is 5.73 Å². The van der Waals surface area contributed by atoms with Gasteiger partial charge in [-0.25, -0.2) is 9.97 Å². The highest BCUT2D eigenvalue weighted by atomic mass is 16.4. The maximum Gasteiger partial charge on any atom is 0.230 e. The molecule has 0 radical (unpaired) electrons. The van der Waals surface area contributed by atoms with E-state index >= 15 is 0 Å². The van der Waals surface area contributed by atoms with Crippen molar-refractivity contribution in [2.75, 3.05) is 5.73 Å². The first-order chi connectivity index (χ1) is 6.68. The van der Waals surface area contributed by atoms with E-state index < -0.39 is 0 Å². The topological polar surface area (TPSA) is 64.9 Å². The van der Waals surface area contributed by atoms with Gasteiger partial charge in [-0.2, -0.15) is 0 Å². The van der Waals surface area contributed by atoms with Crippen LogP contribution >= 0.6 is 0 Å². The van der Waals surface area contributed by atoms with Crippen molar-refractivity contribution in [1.82, 2.24) is 9.97 Å². The van der Waals surface area contributed by atoms with Gasteiger partial charge in [0, 0.05) is 6.20 Å². The number of pyridine rings is 1. The van der Waals surface area contributed by atoms with E-state index in [0.717, 1.165) is 17.0 Å². The van der Waals surface area contributed by atoms with Crippen molar-refractivity contribution in [2.45, 2.75) is 13.8 Å². The Morgan fingerprint density at radius 2 is 2.14 bits per heavy atom. The van der Waals surface area contributed by atoms with Crippen molar-refractivity contribution in [3.8, 4) is 11.5 Å². The van der Waals surface area contributed by atoms with Crippen LogP contribution in [-0.2, 0) is 0 Å². The van der Waals surface area contributed by atoms with Crippen molar-refractivity contribution in [2.24, 2.45) is 0 Å². The number of oxazole rings is 1. The molecule has 2 aromatic rings. The number of rotatable bonds is 1. The number of nitrogens with two attached hydrogens (primary N) is 1. The fraction of sp³-hybridized carbons (Fsp3) is 0.200. The Labute approximate surface area is 81.8 Å². The second kappa shape index (κ2) is 3.14. The van der Waals surface area contributed by atoms with E-state index in [9.17, 15) is 0 Å². The highest BCUT2D eigenvalue weighted by Gasteiger charge is 2.10. The number of nitrogen functional groups attached to an aromatic ring is 1. The van der Waals surface area contributed by atoms with Gasteiger partial charge in [0.1, 0.15) is 11.6 Å². The number of aromatic nitrogens is 2. The summed E-state index contributed by atoms with van der Waals surface area (Å²) in [6.07, 6.45) is 1.64. The van der Waals surface area contributed by atoms with E-state index in [1.165, 1.54) is 0 Å². The Morgan fingerprint density at radius 1 is 1.36 bits per heavy atom. The lowest BCUT2D eigenvalue weighted by Gasteiger charge is -1.97. The molecule has 72 valence electrons. The number of nitrogens with zero attached hydrogens (tertiary/aromatic N) is 2. The van der Waals surface area contributed by atoms with Crippen LogP contribution in [0.15, 0.2) is 22.7 Å². The van der Waals surface area contributed by atoms with Crippen LogP contribution in [0.3, 0.4) is 0 Å². The molecule has 0 aromatic carbocycles. The molecule has 4 heteroatoms. The van der Waals surface area contributed by atoms with Crippen LogP contribution in [-0.4, -0.2) is 9.97 Å². The summed E-state index contributed by atoms with van der Waals surface area (Å²) >= 11 is 0. The molecule has 0 atom stereocenters. The molecule has 0 spiro atoms. The van der Waals surface area contributed by atoms with Crippen LogP contribution in [0.2, 0.25) is 0 Å². The Balaban J connectivity index is 2.55. The normalized spacial score (nSPS) is 10.4. The van der Waals surface area contributed by atoms with Gasteiger partial charge >= 0.3 is 0 Å². The van der Waals surface area contributed by atoms with E-state index in [1.54, 1.807) is 12.3 Å². The van der Waals surface area contributed by atoms with Gasteiger partial charge < -0.3 is 10.2 Å². The lowest BCUT2D eigenvalue weighted by atomic mass is 10.2. The maximum absolute atomic E-state index is 5.70. The molecule has 2 aromatic heterocycles. The first kappa shape index (κ1) is 8.74. The smallest absolute Gasteiger partial charge is 0.230 e. The largest absolute Gasteiger partial charge is 0.441 e. The van der Waals surface area contributed by atoms with E-state index in [4.69, 9.17) is 10.2 Å². The van der Waals surface area contributed by atoms with E-state index in [-0.39, 0.29) is 0 Å². The first-order valence-corrected chi connectivity index (χ1v) is 4.33. The third-order valence-electron chi connectivity index (χ3n) is 2.10. The molecule has 0 aliphatic carbocycles. The third kappa shape index (κ3) is 1.35. The highest BCUT2D eigenvalue weighted by Crippen LogP contribution is 2.24. The molecule has 0 aliphatic rings. The van der Waals surface area contributed by atoms with Crippen LogP contribution in [0.4, 0.5) is 5.82 Å². The summed E-state index contributed by atoms with van der Waals surface area (Å²) in [5.41, 5.74) is 7.32. The Kier molecular flexibility index (Phi) is 1.96. The maximum atomic E-state index is 5.70. The zero-order valence-electron chi connectivity index (χ0n) is 8.11. The monoisotopic (exact) mass is 189 g/mol. The molecule has 0 bridgehead atoms. The van der Waals surface area contributed by atoms with Crippen molar-refractivity contribution in [3.63, 3.8) is 0 Å². The SMILES string of the molecule is Cc1nc(-c2cccnc2N)oc1C.